The lowest BCUT2D eigenvalue weighted by Crippen LogP contribution is -2.34. The maximum atomic E-state index is 12.7. The summed E-state index contributed by atoms with van der Waals surface area (Å²) in [6, 6.07) is 14.7. The predicted octanol–water partition coefficient (Wildman–Crippen LogP) is 2.74. The maximum Gasteiger partial charge on any atom is 0.330 e. The van der Waals surface area contributed by atoms with Crippen LogP contribution in [0.2, 0.25) is 0 Å². The van der Waals surface area contributed by atoms with Gasteiger partial charge in [0.15, 0.2) is 6.04 Å². The Kier molecular flexibility index (Phi) is 4.43. The summed E-state index contributed by atoms with van der Waals surface area (Å²) >= 11 is 0. The highest BCUT2D eigenvalue weighted by Crippen LogP contribution is 2.24. The van der Waals surface area contributed by atoms with E-state index >= 15 is 0 Å². The SMILES string of the molecule is COc1ccc2c(c1)cc(C(=O)N[C@@H](C(=O)O)c1ccccc1)n2C. The molecule has 1 aromatic heterocycles. The van der Waals surface area contributed by atoms with Crippen LogP contribution in [-0.2, 0) is 11.8 Å². The zero-order valence-corrected chi connectivity index (χ0v) is 13.9. The molecule has 0 radical (unpaired) electrons. The van der Waals surface area contributed by atoms with Crippen LogP contribution in [0.4, 0.5) is 0 Å². The molecule has 0 aliphatic heterocycles. The first-order chi connectivity index (χ1) is 12.0. The lowest BCUT2D eigenvalue weighted by Gasteiger charge is -2.15. The van der Waals surface area contributed by atoms with Gasteiger partial charge in [-0.05, 0) is 29.8 Å². The van der Waals surface area contributed by atoms with Gasteiger partial charge in [-0.25, -0.2) is 4.79 Å². The monoisotopic (exact) mass is 338 g/mol. The number of fused-ring (bicyclic) bond motifs is 1. The standard InChI is InChI=1S/C19H18N2O4/c1-21-15-9-8-14(25-2)10-13(15)11-16(21)18(22)20-17(19(23)24)12-6-4-3-5-7-12/h3-11,17H,1-2H3,(H,20,22)(H,23,24)/t17-/m1/s1. The number of ether oxygens (including phenoxy) is 1. The second kappa shape index (κ2) is 6.68. The van der Waals surface area contributed by atoms with E-state index in [4.69, 9.17) is 4.74 Å². The van der Waals surface area contributed by atoms with Gasteiger partial charge in [-0.3, -0.25) is 4.79 Å². The molecular formula is C19H18N2O4. The van der Waals surface area contributed by atoms with Gasteiger partial charge in [-0.2, -0.15) is 0 Å². The molecule has 25 heavy (non-hydrogen) atoms. The minimum atomic E-state index is -1.11. The van der Waals surface area contributed by atoms with Crippen molar-refractivity contribution < 1.29 is 19.4 Å². The van der Waals surface area contributed by atoms with Crippen molar-refractivity contribution in [2.75, 3.05) is 7.11 Å². The molecule has 6 nitrogen and oxygen atoms in total. The van der Waals surface area contributed by atoms with Crippen LogP contribution < -0.4 is 10.1 Å². The van der Waals surface area contributed by atoms with Crippen LogP contribution in [0, 0.1) is 0 Å². The minimum absolute atomic E-state index is 0.380. The summed E-state index contributed by atoms with van der Waals surface area (Å²) in [6.07, 6.45) is 0. The lowest BCUT2D eigenvalue weighted by molar-refractivity contribution is -0.139. The molecule has 3 aromatic rings. The number of aliphatic carboxylic acids is 1. The summed E-state index contributed by atoms with van der Waals surface area (Å²) in [5.41, 5.74) is 1.76. The van der Waals surface area contributed by atoms with Gasteiger partial charge >= 0.3 is 5.97 Å². The van der Waals surface area contributed by atoms with Crippen molar-refractivity contribution >= 4 is 22.8 Å². The predicted molar refractivity (Wildman–Crippen MR) is 93.8 cm³/mol. The van der Waals surface area contributed by atoms with Crippen LogP contribution >= 0.6 is 0 Å². The third-order valence-corrected chi connectivity index (χ3v) is 4.14. The van der Waals surface area contributed by atoms with Crippen LogP contribution in [0.3, 0.4) is 0 Å². The van der Waals surface area contributed by atoms with Gasteiger partial charge in [0, 0.05) is 18.0 Å². The van der Waals surface area contributed by atoms with Crippen LogP contribution in [0.1, 0.15) is 22.1 Å². The Bertz CT molecular complexity index is 931. The van der Waals surface area contributed by atoms with Crippen molar-refractivity contribution in [3.8, 4) is 5.75 Å². The van der Waals surface area contributed by atoms with E-state index in [9.17, 15) is 14.7 Å². The number of carboxylic acids is 1. The number of hydrogen-bond acceptors (Lipinski definition) is 3. The summed E-state index contributed by atoms with van der Waals surface area (Å²) in [5.74, 6) is -0.869. The first kappa shape index (κ1) is 16.6. The number of rotatable bonds is 5. The van der Waals surface area contributed by atoms with Gasteiger partial charge in [-0.15, -0.1) is 0 Å². The fourth-order valence-electron chi connectivity index (χ4n) is 2.81. The lowest BCUT2D eigenvalue weighted by atomic mass is 10.1. The number of carbonyl (C=O) groups is 2. The number of carbonyl (C=O) groups excluding carboxylic acids is 1. The number of methoxy groups -OCH3 is 1. The van der Waals surface area contributed by atoms with Crippen molar-refractivity contribution in [3.05, 3.63) is 65.9 Å². The Morgan fingerprint density at radius 3 is 2.48 bits per heavy atom. The number of benzene rings is 2. The summed E-state index contributed by atoms with van der Waals surface area (Å²) < 4.78 is 6.93. The summed E-state index contributed by atoms with van der Waals surface area (Å²) in [4.78, 5) is 24.2. The average molecular weight is 338 g/mol. The zero-order chi connectivity index (χ0) is 18.0. The molecule has 0 aliphatic rings. The molecule has 0 saturated carbocycles. The number of hydrogen-bond donors (Lipinski definition) is 2. The summed E-state index contributed by atoms with van der Waals surface area (Å²) in [7, 11) is 3.34. The Morgan fingerprint density at radius 1 is 1.12 bits per heavy atom. The molecule has 6 heteroatoms. The quantitative estimate of drug-likeness (QED) is 0.749. The summed E-state index contributed by atoms with van der Waals surface area (Å²) in [5, 5.41) is 12.9. The molecule has 2 aromatic carbocycles. The molecule has 0 saturated heterocycles. The highest BCUT2D eigenvalue weighted by Gasteiger charge is 2.24. The minimum Gasteiger partial charge on any atom is -0.497 e. The number of amides is 1. The van der Waals surface area contributed by atoms with Gasteiger partial charge < -0.3 is 19.7 Å². The first-order valence-corrected chi connectivity index (χ1v) is 7.73. The fourth-order valence-corrected chi connectivity index (χ4v) is 2.81. The summed E-state index contributed by atoms with van der Waals surface area (Å²) in [6.45, 7) is 0. The third kappa shape index (κ3) is 3.19. The number of nitrogens with one attached hydrogen (secondary N) is 1. The molecule has 1 amide bonds. The molecule has 2 N–H and O–H groups in total. The van der Waals surface area contributed by atoms with Gasteiger partial charge in [-0.1, -0.05) is 30.3 Å². The van der Waals surface area contributed by atoms with Crippen molar-refractivity contribution in [2.45, 2.75) is 6.04 Å². The Labute approximate surface area is 144 Å². The molecule has 1 heterocycles. The fraction of sp³-hybridized carbons (Fsp3) is 0.158. The second-order valence-corrected chi connectivity index (χ2v) is 5.67. The van der Waals surface area contributed by atoms with E-state index in [-0.39, 0.29) is 0 Å². The third-order valence-electron chi connectivity index (χ3n) is 4.14. The number of carboxylic acid groups (broad SMARTS) is 1. The van der Waals surface area contributed by atoms with Gasteiger partial charge in [0.1, 0.15) is 11.4 Å². The molecule has 128 valence electrons. The molecule has 0 spiro atoms. The molecular weight excluding hydrogens is 320 g/mol. The average Bonchev–Trinajstić information content (AvgIpc) is 2.96. The van der Waals surface area contributed by atoms with E-state index in [0.717, 1.165) is 10.9 Å². The zero-order valence-electron chi connectivity index (χ0n) is 13.9. The van der Waals surface area contributed by atoms with Gasteiger partial charge in [0.05, 0.1) is 7.11 Å². The van der Waals surface area contributed by atoms with Crippen LogP contribution in [0.25, 0.3) is 10.9 Å². The number of aromatic nitrogens is 1. The van der Waals surface area contributed by atoms with Crippen LogP contribution in [0.15, 0.2) is 54.6 Å². The van der Waals surface area contributed by atoms with E-state index < -0.39 is 17.9 Å². The highest BCUT2D eigenvalue weighted by atomic mass is 16.5. The van der Waals surface area contributed by atoms with Crippen LogP contribution in [-0.4, -0.2) is 28.7 Å². The van der Waals surface area contributed by atoms with E-state index in [2.05, 4.69) is 5.32 Å². The van der Waals surface area contributed by atoms with Gasteiger partial charge in [0.25, 0.3) is 5.91 Å². The molecule has 1 atom stereocenters. The van der Waals surface area contributed by atoms with Crippen molar-refractivity contribution in [1.29, 1.82) is 0 Å². The Morgan fingerprint density at radius 2 is 1.84 bits per heavy atom. The maximum absolute atomic E-state index is 12.7. The Balaban J connectivity index is 1.93. The second-order valence-electron chi connectivity index (χ2n) is 5.67. The van der Waals surface area contributed by atoms with Gasteiger partial charge in [0.2, 0.25) is 0 Å². The molecule has 0 unspecified atom stereocenters. The van der Waals surface area contributed by atoms with Crippen molar-refractivity contribution in [3.63, 3.8) is 0 Å². The largest absolute Gasteiger partial charge is 0.497 e. The number of aryl methyl sites for hydroxylation is 1. The van der Waals surface area contributed by atoms with E-state index in [0.29, 0.717) is 17.0 Å². The molecule has 0 aliphatic carbocycles. The topological polar surface area (TPSA) is 80.6 Å². The smallest absolute Gasteiger partial charge is 0.330 e. The van der Waals surface area contributed by atoms with Crippen molar-refractivity contribution in [2.24, 2.45) is 7.05 Å². The van der Waals surface area contributed by atoms with Crippen molar-refractivity contribution in [1.82, 2.24) is 9.88 Å². The van der Waals surface area contributed by atoms with E-state index in [1.54, 1.807) is 55.1 Å². The van der Waals surface area contributed by atoms with E-state index in [1.165, 1.54) is 0 Å². The van der Waals surface area contributed by atoms with Crippen LogP contribution in [0.5, 0.6) is 5.75 Å². The molecule has 0 fully saturated rings. The first-order valence-electron chi connectivity index (χ1n) is 7.73. The Hall–Kier alpha value is -3.28. The highest BCUT2D eigenvalue weighted by molar-refractivity contribution is 6.00. The molecule has 3 rings (SSSR count). The molecule has 0 bridgehead atoms. The normalized spacial score (nSPS) is 11.9. The number of nitrogens with zero attached hydrogens (tertiary/aromatic N) is 1. The van der Waals surface area contributed by atoms with E-state index in [1.807, 2.05) is 18.2 Å².